The molecule has 0 saturated carbocycles. The molecule has 0 saturated heterocycles. The number of anilines is 1. The molecule has 1 aromatic carbocycles. The summed E-state index contributed by atoms with van der Waals surface area (Å²) in [7, 11) is 0. The van der Waals surface area contributed by atoms with Gasteiger partial charge in [-0.15, -0.1) is 11.3 Å². The Morgan fingerprint density at radius 3 is 2.71 bits per heavy atom. The van der Waals surface area contributed by atoms with Crippen molar-refractivity contribution in [3.8, 4) is 0 Å². The van der Waals surface area contributed by atoms with Gasteiger partial charge < -0.3 is 11.1 Å². The smallest absolute Gasteiger partial charge is 0.257 e. The van der Waals surface area contributed by atoms with Gasteiger partial charge in [0, 0.05) is 9.35 Å². The van der Waals surface area contributed by atoms with Crippen molar-refractivity contribution in [1.82, 2.24) is 0 Å². The minimum atomic E-state index is -0.539. The number of fused-ring (bicyclic) bond motifs is 1. The molecule has 0 radical (unpaired) electrons. The van der Waals surface area contributed by atoms with Crippen molar-refractivity contribution in [2.24, 2.45) is 5.73 Å². The molecular weight excluding hydrogens is 395 g/mol. The molecule has 3 N–H and O–H groups in total. The van der Waals surface area contributed by atoms with Crippen LogP contribution in [0.4, 0.5) is 9.39 Å². The largest absolute Gasteiger partial charge is 0.365 e. The first-order valence-electron chi connectivity index (χ1n) is 7.68. The predicted octanol–water partition coefficient (Wildman–Crippen LogP) is 4.27. The van der Waals surface area contributed by atoms with E-state index in [1.807, 2.05) is 0 Å². The van der Waals surface area contributed by atoms with Crippen LogP contribution >= 0.6 is 27.3 Å². The molecule has 1 aromatic heterocycles. The van der Waals surface area contributed by atoms with E-state index >= 15 is 0 Å². The highest BCUT2D eigenvalue weighted by atomic mass is 79.9. The Morgan fingerprint density at radius 2 is 1.96 bits per heavy atom. The quantitative estimate of drug-likeness (QED) is 0.741. The third-order valence-electron chi connectivity index (χ3n) is 4.07. The Labute approximate surface area is 151 Å². The van der Waals surface area contributed by atoms with Crippen LogP contribution in [-0.2, 0) is 12.8 Å². The van der Waals surface area contributed by atoms with Crippen LogP contribution in [0.15, 0.2) is 22.7 Å². The Bertz CT molecular complexity index is 819. The standard InChI is InChI=1S/C17H16BrFN2O2S/c18-12-7-6-9(19)8-11(12)16(23)21-17-14(15(20)22)10-4-2-1-3-5-13(10)24-17/h6-8H,1-5H2,(H2,20,22)(H,21,23). The molecule has 3 rings (SSSR count). The molecule has 2 aromatic rings. The fraction of sp³-hybridized carbons (Fsp3) is 0.294. The van der Waals surface area contributed by atoms with Crippen molar-refractivity contribution >= 4 is 44.1 Å². The molecule has 0 bridgehead atoms. The van der Waals surface area contributed by atoms with E-state index in [0.717, 1.165) is 48.6 Å². The molecule has 0 fully saturated rings. The molecule has 1 aliphatic carbocycles. The lowest BCUT2D eigenvalue weighted by molar-refractivity contribution is 0.100. The van der Waals surface area contributed by atoms with Gasteiger partial charge in [-0.25, -0.2) is 4.39 Å². The molecule has 2 amide bonds. The van der Waals surface area contributed by atoms with Crippen LogP contribution in [0.25, 0.3) is 0 Å². The number of halogens is 2. The normalized spacial score (nSPS) is 13.9. The number of nitrogens with one attached hydrogen (secondary N) is 1. The summed E-state index contributed by atoms with van der Waals surface area (Å²) in [5.74, 6) is -1.51. The number of hydrogen-bond donors (Lipinski definition) is 2. The molecule has 126 valence electrons. The van der Waals surface area contributed by atoms with Gasteiger partial charge in [0.1, 0.15) is 10.8 Å². The van der Waals surface area contributed by atoms with E-state index in [1.54, 1.807) is 0 Å². The van der Waals surface area contributed by atoms with Crippen molar-refractivity contribution < 1.29 is 14.0 Å². The van der Waals surface area contributed by atoms with E-state index in [2.05, 4.69) is 21.2 Å². The van der Waals surface area contributed by atoms with E-state index in [4.69, 9.17) is 5.73 Å². The van der Waals surface area contributed by atoms with Gasteiger partial charge in [-0.1, -0.05) is 6.42 Å². The molecule has 0 atom stereocenters. The zero-order chi connectivity index (χ0) is 17.3. The molecule has 4 nitrogen and oxygen atoms in total. The van der Waals surface area contributed by atoms with E-state index in [0.29, 0.717) is 15.0 Å². The molecule has 1 aliphatic rings. The summed E-state index contributed by atoms with van der Waals surface area (Å²) in [6, 6.07) is 3.90. The Kier molecular flexibility index (Phi) is 5.01. The first kappa shape index (κ1) is 17.1. The summed E-state index contributed by atoms with van der Waals surface area (Å²) in [5, 5.41) is 3.19. The summed E-state index contributed by atoms with van der Waals surface area (Å²) in [4.78, 5) is 25.5. The Morgan fingerprint density at radius 1 is 1.21 bits per heavy atom. The lowest BCUT2D eigenvalue weighted by atomic mass is 10.1. The number of benzene rings is 1. The van der Waals surface area contributed by atoms with Crippen molar-refractivity contribution in [1.29, 1.82) is 0 Å². The number of aryl methyl sites for hydroxylation is 1. The Hall–Kier alpha value is -1.73. The first-order valence-corrected chi connectivity index (χ1v) is 9.29. The van der Waals surface area contributed by atoms with Crippen LogP contribution in [-0.4, -0.2) is 11.8 Å². The number of carbonyl (C=O) groups is 2. The van der Waals surface area contributed by atoms with Crippen molar-refractivity contribution in [2.45, 2.75) is 32.1 Å². The maximum absolute atomic E-state index is 13.4. The molecule has 0 aliphatic heterocycles. The number of primary amides is 1. The van der Waals surface area contributed by atoms with Crippen LogP contribution in [0.1, 0.15) is 50.4 Å². The lowest BCUT2D eigenvalue weighted by Gasteiger charge is -2.08. The highest BCUT2D eigenvalue weighted by Gasteiger charge is 2.25. The predicted molar refractivity (Wildman–Crippen MR) is 96.1 cm³/mol. The summed E-state index contributed by atoms with van der Waals surface area (Å²) in [5.41, 5.74) is 7.08. The fourth-order valence-corrected chi connectivity index (χ4v) is 4.65. The summed E-state index contributed by atoms with van der Waals surface area (Å²) in [6.07, 6.45) is 4.88. The van der Waals surface area contributed by atoms with Gasteiger partial charge in [0.2, 0.25) is 0 Å². The number of thiophene rings is 1. The molecular formula is C17H16BrFN2O2S. The summed E-state index contributed by atoms with van der Waals surface area (Å²) >= 11 is 4.64. The van der Waals surface area contributed by atoms with Gasteiger partial charge in [0.05, 0.1) is 11.1 Å². The Balaban J connectivity index is 1.96. The second-order valence-corrected chi connectivity index (χ2v) is 7.67. The average Bonchev–Trinajstić information content (AvgIpc) is 2.71. The van der Waals surface area contributed by atoms with Crippen LogP contribution < -0.4 is 11.1 Å². The van der Waals surface area contributed by atoms with Gasteiger partial charge in [0.15, 0.2) is 0 Å². The fourth-order valence-electron chi connectivity index (χ4n) is 2.93. The highest BCUT2D eigenvalue weighted by Crippen LogP contribution is 2.37. The first-order chi connectivity index (χ1) is 11.5. The van der Waals surface area contributed by atoms with Crippen LogP contribution in [0.5, 0.6) is 0 Å². The molecule has 1 heterocycles. The zero-order valence-corrected chi connectivity index (χ0v) is 15.2. The molecule has 0 spiro atoms. The van der Waals surface area contributed by atoms with E-state index in [-0.39, 0.29) is 5.56 Å². The van der Waals surface area contributed by atoms with Crippen LogP contribution in [0, 0.1) is 5.82 Å². The molecule has 7 heteroatoms. The minimum Gasteiger partial charge on any atom is -0.365 e. The molecule has 24 heavy (non-hydrogen) atoms. The van der Waals surface area contributed by atoms with Crippen LogP contribution in [0.3, 0.4) is 0 Å². The van der Waals surface area contributed by atoms with Gasteiger partial charge in [-0.3, -0.25) is 9.59 Å². The number of amides is 2. The lowest BCUT2D eigenvalue weighted by Crippen LogP contribution is -2.18. The third kappa shape index (κ3) is 3.37. The van der Waals surface area contributed by atoms with E-state index in [1.165, 1.54) is 23.5 Å². The molecule has 0 unspecified atom stereocenters. The maximum Gasteiger partial charge on any atom is 0.257 e. The zero-order valence-electron chi connectivity index (χ0n) is 12.8. The number of nitrogens with two attached hydrogens (primary N) is 1. The summed E-state index contributed by atoms with van der Waals surface area (Å²) in [6.45, 7) is 0. The number of rotatable bonds is 3. The summed E-state index contributed by atoms with van der Waals surface area (Å²) < 4.78 is 13.9. The van der Waals surface area contributed by atoms with Crippen molar-refractivity contribution in [3.63, 3.8) is 0 Å². The SMILES string of the molecule is NC(=O)c1c(NC(=O)c2cc(F)ccc2Br)sc2c1CCCCC2. The topological polar surface area (TPSA) is 72.2 Å². The van der Waals surface area contributed by atoms with Gasteiger partial charge in [-0.05, 0) is 65.4 Å². The van der Waals surface area contributed by atoms with Crippen molar-refractivity contribution in [3.05, 3.63) is 50.1 Å². The second-order valence-electron chi connectivity index (χ2n) is 5.71. The third-order valence-corrected chi connectivity index (χ3v) is 5.97. The van der Waals surface area contributed by atoms with Crippen LogP contribution in [0.2, 0.25) is 0 Å². The van der Waals surface area contributed by atoms with Crippen molar-refractivity contribution in [2.75, 3.05) is 5.32 Å². The second kappa shape index (κ2) is 7.03. The number of carbonyl (C=O) groups excluding carboxylic acids is 2. The van der Waals surface area contributed by atoms with E-state index in [9.17, 15) is 14.0 Å². The minimum absolute atomic E-state index is 0.175. The average molecular weight is 411 g/mol. The maximum atomic E-state index is 13.4. The van der Waals surface area contributed by atoms with E-state index < -0.39 is 17.6 Å². The van der Waals surface area contributed by atoms with Gasteiger partial charge in [-0.2, -0.15) is 0 Å². The monoisotopic (exact) mass is 410 g/mol. The highest BCUT2D eigenvalue weighted by molar-refractivity contribution is 9.10. The number of hydrogen-bond acceptors (Lipinski definition) is 3. The van der Waals surface area contributed by atoms with Gasteiger partial charge >= 0.3 is 0 Å². The van der Waals surface area contributed by atoms with Gasteiger partial charge in [0.25, 0.3) is 11.8 Å².